The predicted molar refractivity (Wildman–Crippen MR) is 76.5 cm³/mol. The van der Waals surface area contributed by atoms with E-state index in [1.54, 1.807) is 0 Å². The summed E-state index contributed by atoms with van der Waals surface area (Å²) in [5, 5.41) is 14.4. The minimum absolute atomic E-state index is 0.0855. The number of hydrogen-bond donors (Lipinski definition) is 3. The van der Waals surface area contributed by atoms with E-state index in [1.807, 2.05) is 0 Å². The lowest BCUT2D eigenvalue weighted by atomic mass is 9.92. The van der Waals surface area contributed by atoms with Crippen LogP contribution in [0.2, 0.25) is 0 Å². The lowest BCUT2D eigenvalue weighted by molar-refractivity contribution is -0.137. The van der Waals surface area contributed by atoms with Gasteiger partial charge in [0.05, 0.1) is 17.7 Å². The van der Waals surface area contributed by atoms with E-state index < -0.39 is 35.7 Å². The number of amides is 2. The Hall–Kier alpha value is -2.09. The van der Waals surface area contributed by atoms with Crippen LogP contribution in [0.5, 0.6) is 0 Å². The maximum Gasteiger partial charge on any atom is 0.416 e. The second kappa shape index (κ2) is 6.99. The molecule has 0 bridgehead atoms. The Balaban J connectivity index is 1.91. The largest absolute Gasteiger partial charge is 0.416 e. The number of aliphatic hydroxyl groups excluding tert-OH is 1. The van der Waals surface area contributed by atoms with Crippen LogP contribution in [0.1, 0.15) is 31.2 Å². The van der Waals surface area contributed by atoms with Crippen LogP contribution in [0.4, 0.5) is 18.9 Å². The topological polar surface area (TPSA) is 78.4 Å². The molecule has 5 nitrogen and oxygen atoms in total. The number of nitrogens with one attached hydrogen (secondary N) is 2. The van der Waals surface area contributed by atoms with E-state index in [0.717, 1.165) is 37.1 Å². The van der Waals surface area contributed by atoms with Gasteiger partial charge < -0.3 is 15.7 Å². The summed E-state index contributed by atoms with van der Waals surface area (Å²) >= 11 is 0. The number of benzene rings is 1. The molecule has 8 heteroatoms. The van der Waals surface area contributed by atoms with Crippen molar-refractivity contribution >= 4 is 17.5 Å². The zero-order chi connectivity index (χ0) is 17.0. The molecule has 0 heterocycles. The third kappa shape index (κ3) is 4.69. The Morgan fingerprint density at radius 3 is 2.22 bits per heavy atom. The normalized spacial score (nSPS) is 21.6. The molecule has 2 rings (SSSR count). The summed E-state index contributed by atoms with van der Waals surface area (Å²) in [4.78, 5) is 23.5. The van der Waals surface area contributed by atoms with E-state index in [-0.39, 0.29) is 5.69 Å². The van der Waals surface area contributed by atoms with Crippen molar-refractivity contribution < 1.29 is 27.9 Å². The van der Waals surface area contributed by atoms with Crippen molar-refractivity contribution in [2.24, 2.45) is 0 Å². The van der Waals surface area contributed by atoms with Gasteiger partial charge >= 0.3 is 18.0 Å². The number of carbonyl (C=O) groups is 2. The molecule has 1 saturated carbocycles. The highest BCUT2D eigenvalue weighted by Gasteiger charge is 2.30. The number of halogens is 3. The summed E-state index contributed by atoms with van der Waals surface area (Å²) in [7, 11) is 0. The Kier molecular flexibility index (Phi) is 5.25. The second-order valence-electron chi connectivity index (χ2n) is 5.46. The summed E-state index contributed by atoms with van der Waals surface area (Å²) in [6.45, 7) is 0. The van der Waals surface area contributed by atoms with Gasteiger partial charge in [-0.25, -0.2) is 0 Å². The fourth-order valence-corrected chi connectivity index (χ4v) is 2.44. The molecule has 2 amide bonds. The van der Waals surface area contributed by atoms with Crippen LogP contribution in [0, 0.1) is 0 Å². The molecule has 0 spiro atoms. The summed E-state index contributed by atoms with van der Waals surface area (Å²) in [6, 6.07) is 3.30. The number of carbonyl (C=O) groups excluding carboxylic acids is 2. The molecule has 1 fully saturated rings. The SMILES string of the molecule is O=C(Nc1ccc(C(F)(F)F)cc1)C(=O)NC1CCCCC1O. The van der Waals surface area contributed by atoms with E-state index in [0.29, 0.717) is 12.8 Å². The standard InChI is InChI=1S/C15H17F3N2O3/c16-15(17,18)9-5-7-10(8-6-9)19-13(22)14(23)20-11-3-1-2-4-12(11)21/h5-8,11-12,21H,1-4H2,(H,19,22)(H,20,23). The zero-order valence-electron chi connectivity index (χ0n) is 12.2. The van der Waals surface area contributed by atoms with Crippen LogP contribution in [0.15, 0.2) is 24.3 Å². The monoisotopic (exact) mass is 330 g/mol. The summed E-state index contributed by atoms with van der Waals surface area (Å²) in [5.74, 6) is -1.90. The van der Waals surface area contributed by atoms with Gasteiger partial charge in [-0.1, -0.05) is 12.8 Å². The van der Waals surface area contributed by atoms with Crippen LogP contribution >= 0.6 is 0 Å². The average Bonchev–Trinajstić information content (AvgIpc) is 2.49. The zero-order valence-corrected chi connectivity index (χ0v) is 12.2. The van der Waals surface area contributed by atoms with Gasteiger partial charge in [-0.2, -0.15) is 13.2 Å². The second-order valence-corrected chi connectivity index (χ2v) is 5.46. The van der Waals surface area contributed by atoms with Gasteiger partial charge in [0.2, 0.25) is 0 Å². The van der Waals surface area contributed by atoms with Crippen molar-refractivity contribution in [1.29, 1.82) is 0 Å². The average molecular weight is 330 g/mol. The van der Waals surface area contributed by atoms with Crippen molar-refractivity contribution in [3.8, 4) is 0 Å². The van der Waals surface area contributed by atoms with E-state index in [4.69, 9.17) is 0 Å². The lowest BCUT2D eigenvalue weighted by Crippen LogP contribution is -2.48. The van der Waals surface area contributed by atoms with E-state index in [9.17, 15) is 27.9 Å². The number of rotatable bonds is 2. The minimum Gasteiger partial charge on any atom is -0.391 e. The maximum absolute atomic E-state index is 12.4. The Labute approximate surface area is 130 Å². The quantitative estimate of drug-likeness (QED) is 0.726. The maximum atomic E-state index is 12.4. The van der Waals surface area contributed by atoms with Gasteiger partial charge in [-0.15, -0.1) is 0 Å². The van der Waals surface area contributed by atoms with Crippen LogP contribution in [-0.4, -0.2) is 29.1 Å². The summed E-state index contributed by atoms with van der Waals surface area (Å²) in [5.41, 5.74) is -0.757. The van der Waals surface area contributed by atoms with Crippen molar-refractivity contribution in [1.82, 2.24) is 5.32 Å². The molecule has 23 heavy (non-hydrogen) atoms. The molecule has 1 aliphatic carbocycles. The molecule has 0 aliphatic heterocycles. The van der Waals surface area contributed by atoms with Crippen LogP contribution in [-0.2, 0) is 15.8 Å². The molecule has 2 unspecified atom stereocenters. The van der Waals surface area contributed by atoms with Crippen LogP contribution < -0.4 is 10.6 Å². The highest BCUT2D eigenvalue weighted by atomic mass is 19.4. The highest BCUT2D eigenvalue weighted by molar-refractivity contribution is 6.39. The molecule has 1 aromatic carbocycles. The molecule has 1 aliphatic rings. The van der Waals surface area contributed by atoms with E-state index in [1.165, 1.54) is 0 Å². The van der Waals surface area contributed by atoms with Gasteiger partial charge in [0.15, 0.2) is 0 Å². The third-order valence-corrected chi connectivity index (χ3v) is 3.72. The first-order valence-electron chi connectivity index (χ1n) is 7.24. The Morgan fingerprint density at radius 1 is 1.04 bits per heavy atom. The van der Waals surface area contributed by atoms with Crippen molar-refractivity contribution in [3.63, 3.8) is 0 Å². The van der Waals surface area contributed by atoms with E-state index in [2.05, 4.69) is 10.6 Å². The van der Waals surface area contributed by atoms with Crippen LogP contribution in [0.25, 0.3) is 0 Å². The summed E-state index contributed by atoms with van der Waals surface area (Å²) in [6.07, 6.45) is -2.29. The van der Waals surface area contributed by atoms with Crippen molar-refractivity contribution in [2.75, 3.05) is 5.32 Å². The molecule has 1 aromatic rings. The van der Waals surface area contributed by atoms with E-state index >= 15 is 0 Å². The molecule has 0 aromatic heterocycles. The first-order chi connectivity index (χ1) is 10.8. The van der Waals surface area contributed by atoms with Gasteiger partial charge in [-0.05, 0) is 37.1 Å². The third-order valence-electron chi connectivity index (χ3n) is 3.72. The molecular formula is C15H17F3N2O3. The smallest absolute Gasteiger partial charge is 0.391 e. The molecule has 0 saturated heterocycles. The van der Waals surface area contributed by atoms with Gasteiger partial charge in [0, 0.05) is 5.69 Å². The number of aliphatic hydroxyl groups is 1. The number of alkyl halides is 3. The molecule has 2 atom stereocenters. The van der Waals surface area contributed by atoms with Gasteiger partial charge in [0.1, 0.15) is 0 Å². The first kappa shape index (κ1) is 17.3. The molecule has 3 N–H and O–H groups in total. The molecule has 126 valence electrons. The fourth-order valence-electron chi connectivity index (χ4n) is 2.44. The number of hydrogen-bond acceptors (Lipinski definition) is 3. The van der Waals surface area contributed by atoms with Crippen molar-refractivity contribution in [3.05, 3.63) is 29.8 Å². The minimum atomic E-state index is -4.46. The first-order valence-corrected chi connectivity index (χ1v) is 7.24. The summed E-state index contributed by atoms with van der Waals surface area (Å²) < 4.78 is 37.3. The Morgan fingerprint density at radius 2 is 1.65 bits per heavy atom. The number of anilines is 1. The predicted octanol–water partition coefficient (Wildman–Crippen LogP) is 2.06. The highest BCUT2D eigenvalue weighted by Crippen LogP contribution is 2.29. The van der Waals surface area contributed by atoms with Gasteiger partial charge in [-0.3, -0.25) is 9.59 Å². The fraction of sp³-hybridized carbons (Fsp3) is 0.467. The molecule has 0 radical (unpaired) electrons. The lowest BCUT2D eigenvalue weighted by Gasteiger charge is -2.27. The van der Waals surface area contributed by atoms with Crippen molar-refractivity contribution in [2.45, 2.75) is 44.0 Å². The van der Waals surface area contributed by atoms with Gasteiger partial charge in [0.25, 0.3) is 0 Å². The van der Waals surface area contributed by atoms with Crippen LogP contribution in [0.3, 0.4) is 0 Å². The molecular weight excluding hydrogens is 313 g/mol. The Bertz CT molecular complexity index is 572.